The minimum atomic E-state index is -3.91. The summed E-state index contributed by atoms with van der Waals surface area (Å²) in [5.74, 6) is -0.215. The SMILES string of the molecule is CC(=O)N1c2cnc(-c3ccc(S(C)(=O)=O)cc3)cc2N(S(=O)(=O)c2ccc(C)cc2)CC1C. The summed E-state index contributed by atoms with van der Waals surface area (Å²) in [7, 11) is -7.26. The van der Waals surface area contributed by atoms with Gasteiger partial charge in [-0.05, 0) is 44.2 Å². The zero-order valence-electron chi connectivity index (χ0n) is 19.3. The lowest BCUT2D eigenvalue weighted by atomic mass is 10.1. The molecule has 178 valence electrons. The first-order valence-corrected chi connectivity index (χ1v) is 13.9. The highest BCUT2D eigenvalue weighted by Crippen LogP contribution is 2.40. The number of carbonyl (C=O) groups excluding carboxylic acids is 1. The molecule has 3 aromatic rings. The first kappa shape index (κ1) is 23.9. The highest BCUT2D eigenvalue weighted by Gasteiger charge is 2.37. The molecule has 10 heteroatoms. The van der Waals surface area contributed by atoms with Crippen molar-refractivity contribution >= 4 is 37.1 Å². The third-order valence-corrected chi connectivity index (χ3v) is 8.71. The molecule has 0 radical (unpaired) electrons. The van der Waals surface area contributed by atoms with Gasteiger partial charge in [-0.25, -0.2) is 16.8 Å². The van der Waals surface area contributed by atoms with E-state index in [9.17, 15) is 21.6 Å². The van der Waals surface area contributed by atoms with Gasteiger partial charge < -0.3 is 4.90 Å². The molecule has 1 aromatic heterocycles. The van der Waals surface area contributed by atoms with Gasteiger partial charge in [-0.3, -0.25) is 14.1 Å². The molecule has 2 aromatic carbocycles. The van der Waals surface area contributed by atoms with Crippen molar-refractivity contribution < 1.29 is 21.6 Å². The monoisotopic (exact) mass is 499 g/mol. The standard InChI is InChI=1S/C24H25N3O5S2/c1-16-5-9-21(10-6-16)34(31,32)26-15-17(2)27(18(3)28)24-14-25-22(13-23(24)26)19-7-11-20(12-8-19)33(4,29)30/h5-14,17H,15H2,1-4H3. The highest BCUT2D eigenvalue weighted by atomic mass is 32.2. The minimum absolute atomic E-state index is 0.0826. The summed E-state index contributed by atoms with van der Waals surface area (Å²) in [5.41, 5.74) is 2.76. The van der Waals surface area contributed by atoms with Crippen LogP contribution < -0.4 is 9.21 Å². The summed E-state index contributed by atoms with van der Waals surface area (Å²) in [4.78, 5) is 18.7. The van der Waals surface area contributed by atoms with Crippen LogP contribution in [-0.2, 0) is 24.7 Å². The average molecular weight is 500 g/mol. The first-order valence-electron chi connectivity index (χ1n) is 10.6. The van der Waals surface area contributed by atoms with Crippen LogP contribution in [0.15, 0.2) is 70.6 Å². The number of hydrogen-bond donors (Lipinski definition) is 0. The topological polar surface area (TPSA) is 105 Å². The van der Waals surface area contributed by atoms with Gasteiger partial charge in [0.1, 0.15) is 0 Å². The maximum absolute atomic E-state index is 13.6. The quantitative estimate of drug-likeness (QED) is 0.545. The van der Waals surface area contributed by atoms with Crippen molar-refractivity contribution in [3.63, 3.8) is 0 Å². The molecule has 1 aliphatic rings. The molecular formula is C24H25N3O5S2. The number of nitrogens with zero attached hydrogens (tertiary/aromatic N) is 3. The van der Waals surface area contributed by atoms with Crippen molar-refractivity contribution in [2.75, 3.05) is 22.0 Å². The second kappa shape index (κ2) is 8.52. The Morgan fingerprint density at radius 3 is 2.09 bits per heavy atom. The number of aryl methyl sites for hydroxylation is 1. The number of rotatable bonds is 4. The van der Waals surface area contributed by atoms with Crippen molar-refractivity contribution in [3.05, 3.63) is 66.4 Å². The van der Waals surface area contributed by atoms with Gasteiger partial charge in [-0.2, -0.15) is 0 Å². The number of pyridine rings is 1. The number of anilines is 2. The molecule has 0 saturated heterocycles. The molecule has 0 aliphatic carbocycles. The molecule has 2 heterocycles. The molecule has 0 bridgehead atoms. The number of hydrogen-bond acceptors (Lipinski definition) is 6. The van der Waals surface area contributed by atoms with Crippen LogP contribution in [0.3, 0.4) is 0 Å². The second-order valence-corrected chi connectivity index (χ2v) is 12.3. The van der Waals surface area contributed by atoms with E-state index in [1.54, 1.807) is 54.3 Å². The molecule has 0 spiro atoms. The third kappa shape index (κ3) is 4.30. The number of fused-ring (bicyclic) bond motifs is 1. The fraction of sp³-hybridized carbons (Fsp3) is 0.250. The van der Waals surface area contributed by atoms with E-state index in [1.165, 1.54) is 29.6 Å². The number of sulfone groups is 1. The van der Waals surface area contributed by atoms with E-state index in [0.717, 1.165) is 11.8 Å². The van der Waals surface area contributed by atoms with Crippen LogP contribution in [0.4, 0.5) is 11.4 Å². The Labute approximate surface area is 199 Å². The predicted octanol–water partition coefficient (Wildman–Crippen LogP) is 3.41. The van der Waals surface area contributed by atoms with E-state index in [0.29, 0.717) is 22.6 Å². The lowest BCUT2D eigenvalue weighted by molar-refractivity contribution is -0.117. The maximum atomic E-state index is 13.6. The number of carbonyl (C=O) groups is 1. The van der Waals surface area contributed by atoms with Gasteiger partial charge in [0.05, 0.1) is 45.6 Å². The van der Waals surface area contributed by atoms with Crippen LogP contribution in [-0.4, -0.2) is 46.6 Å². The number of aromatic nitrogens is 1. The van der Waals surface area contributed by atoms with Crippen molar-refractivity contribution in [2.24, 2.45) is 0 Å². The molecule has 1 atom stereocenters. The molecule has 34 heavy (non-hydrogen) atoms. The lowest BCUT2D eigenvalue weighted by Gasteiger charge is -2.40. The fourth-order valence-corrected chi connectivity index (χ4v) is 6.24. The zero-order chi connectivity index (χ0) is 24.8. The van der Waals surface area contributed by atoms with Crippen molar-refractivity contribution in [2.45, 2.75) is 36.6 Å². The average Bonchev–Trinajstić information content (AvgIpc) is 2.77. The molecule has 1 aliphatic heterocycles. The summed E-state index contributed by atoms with van der Waals surface area (Å²) in [6.07, 6.45) is 2.62. The van der Waals surface area contributed by atoms with Gasteiger partial charge in [0.2, 0.25) is 5.91 Å². The Morgan fingerprint density at radius 2 is 1.53 bits per heavy atom. The Kier molecular flexibility index (Phi) is 5.99. The molecule has 1 amide bonds. The van der Waals surface area contributed by atoms with Crippen LogP contribution in [0.5, 0.6) is 0 Å². The van der Waals surface area contributed by atoms with Gasteiger partial charge in [-0.15, -0.1) is 0 Å². The Bertz CT molecular complexity index is 1470. The maximum Gasteiger partial charge on any atom is 0.264 e. The van der Waals surface area contributed by atoms with Crippen molar-refractivity contribution in [3.8, 4) is 11.3 Å². The summed E-state index contributed by atoms with van der Waals surface area (Å²) in [6.45, 7) is 5.19. The van der Waals surface area contributed by atoms with Gasteiger partial charge in [0.25, 0.3) is 10.0 Å². The Hall–Kier alpha value is -3.24. The zero-order valence-corrected chi connectivity index (χ0v) is 20.9. The van der Waals surface area contributed by atoms with E-state index >= 15 is 0 Å². The van der Waals surface area contributed by atoms with Crippen LogP contribution >= 0.6 is 0 Å². The second-order valence-electron chi connectivity index (χ2n) is 8.44. The summed E-state index contributed by atoms with van der Waals surface area (Å²) < 4.78 is 52.1. The minimum Gasteiger partial charge on any atom is -0.305 e. The van der Waals surface area contributed by atoms with Crippen LogP contribution in [0.2, 0.25) is 0 Å². The number of benzene rings is 2. The number of sulfonamides is 1. The largest absolute Gasteiger partial charge is 0.305 e. The van der Waals surface area contributed by atoms with E-state index in [4.69, 9.17) is 0 Å². The van der Waals surface area contributed by atoms with Crippen LogP contribution in [0, 0.1) is 6.92 Å². The molecule has 1 unspecified atom stereocenters. The first-order chi connectivity index (χ1) is 15.9. The molecule has 0 saturated carbocycles. The predicted molar refractivity (Wildman–Crippen MR) is 131 cm³/mol. The fourth-order valence-electron chi connectivity index (χ4n) is 4.06. The lowest BCUT2D eigenvalue weighted by Crippen LogP contribution is -2.51. The molecule has 4 rings (SSSR count). The van der Waals surface area contributed by atoms with Crippen LogP contribution in [0.1, 0.15) is 19.4 Å². The smallest absolute Gasteiger partial charge is 0.264 e. The van der Waals surface area contributed by atoms with Crippen molar-refractivity contribution in [1.82, 2.24) is 4.98 Å². The van der Waals surface area contributed by atoms with Crippen LogP contribution in [0.25, 0.3) is 11.3 Å². The molecule has 0 N–H and O–H groups in total. The molecular weight excluding hydrogens is 474 g/mol. The highest BCUT2D eigenvalue weighted by molar-refractivity contribution is 7.92. The molecule has 0 fully saturated rings. The number of amides is 1. The summed E-state index contributed by atoms with van der Waals surface area (Å²) in [6, 6.07) is 14.1. The van der Waals surface area contributed by atoms with Gasteiger partial charge in [-0.1, -0.05) is 29.8 Å². The van der Waals surface area contributed by atoms with Gasteiger partial charge in [0, 0.05) is 18.7 Å². The van der Waals surface area contributed by atoms with Gasteiger partial charge >= 0.3 is 0 Å². The normalized spacial score (nSPS) is 16.3. The van der Waals surface area contributed by atoms with E-state index in [-0.39, 0.29) is 22.2 Å². The van der Waals surface area contributed by atoms with E-state index in [1.807, 2.05) is 6.92 Å². The Morgan fingerprint density at radius 1 is 0.941 bits per heavy atom. The Balaban J connectivity index is 1.87. The van der Waals surface area contributed by atoms with Crippen molar-refractivity contribution in [1.29, 1.82) is 0 Å². The van der Waals surface area contributed by atoms with E-state index in [2.05, 4.69) is 4.98 Å². The van der Waals surface area contributed by atoms with E-state index < -0.39 is 25.9 Å². The van der Waals surface area contributed by atoms with Gasteiger partial charge in [0.15, 0.2) is 9.84 Å². The summed E-state index contributed by atoms with van der Waals surface area (Å²) in [5, 5.41) is 0. The third-order valence-electron chi connectivity index (χ3n) is 5.79. The summed E-state index contributed by atoms with van der Waals surface area (Å²) >= 11 is 0. The molecule has 8 nitrogen and oxygen atoms in total.